The Balaban J connectivity index is 1.09. The minimum Gasteiger partial charge on any atom is -0.493 e. The van der Waals surface area contributed by atoms with E-state index < -0.39 is 35.5 Å². The number of unbranched alkanes of at least 4 members (excludes halogenated alkanes) is 3. The molecule has 298 valence electrons. The zero-order chi connectivity index (χ0) is 40.6. The maximum Gasteiger partial charge on any atom is 0.355 e. The lowest BCUT2D eigenvalue weighted by Crippen LogP contribution is -2.57. The van der Waals surface area contributed by atoms with Gasteiger partial charge in [-0.05, 0) is 73.4 Å². The average molecular weight is 784 g/mol. The summed E-state index contributed by atoms with van der Waals surface area (Å²) >= 11 is 1.58. The lowest BCUT2D eigenvalue weighted by molar-refractivity contribution is -0.144. The van der Waals surface area contributed by atoms with Gasteiger partial charge in [0, 0.05) is 31.1 Å². The van der Waals surface area contributed by atoms with Crippen LogP contribution >= 0.6 is 11.3 Å². The number of aliphatic hydroxyl groups is 1. The second-order valence-corrected chi connectivity index (χ2v) is 16.4. The molecule has 1 fully saturated rings. The summed E-state index contributed by atoms with van der Waals surface area (Å²) in [5.41, 5.74) is 6.20. The molecule has 4 aromatic rings. The fourth-order valence-corrected chi connectivity index (χ4v) is 7.84. The first-order valence-corrected chi connectivity index (χ1v) is 20.0. The standard InChI is InChI=1S/C43H53N5O7S/c1-26-32(33-14-12-21-44-37(33)42(53)54)13-11-15-35(26)55-22-10-8-7-9-16-36(50)47-39(43(4,5)6)41(52)48-24-31(49)23-34(48)40(51)46-27(2)29-17-19-30(20-18-29)38-28(3)45-25-56-38/h11-15,17-21,25,27,31,34,39,49H,7-10,16,22-24H2,1-6H3,(H,46,51)(H,47,50)(H,53,54)/t27-,31+,34-,39+/m0/s1. The Bertz CT molecular complexity index is 2010. The van der Waals surface area contributed by atoms with Crippen molar-refractivity contribution in [3.63, 3.8) is 0 Å². The van der Waals surface area contributed by atoms with E-state index in [0.717, 1.165) is 52.1 Å². The first-order chi connectivity index (χ1) is 26.6. The highest BCUT2D eigenvalue weighted by atomic mass is 32.1. The number of nitrogens with one attached hydrogen (secondary N) is 2. The molecule has 0 unspecified atom stereocenters. The SMILES string of the molecule is Cc1ncsc1-c1ccc([C@H](C)NC(=O)[C@@H]2C[C@@H](O)CN2C(=O)[C@@H](NC(=O)CCCCCCOc2cccc(-c3cccnc3C(=O)O)c2C)C(C)(C)C)cc1. The number of carbonyl (C=O) groups excluding carboxylic acids is 3. The summed E-state index contributed by atoms with van der Waals surface area (Å²) in [5.74, 6) is -1.40. The zero-order valence-corrected chi connectivity index (χ0v) is 33.8. The Kier molecular flexibility index (Phi) is 14.0. The van der Waals surface area contributed by atoms with Crippen molar-refractivity contribution >= 4 is 35.0 Å². The third-order valence-electron chi connectivity index (χ3n) is 10.2. The van der Waals surface area contributed by atoms with Crippen LogP contribution in [0, 0.1) is 19.3 Å². The van der Waals surface area contributed by atoms with Gasteiger partial charge in [0.25, 0.3) is 0 Å². The summed E-state index contributed by atoms with van der Waals surface area (Å²) in [6, 6.07) is 14.8. The molecule has 3 amide bonds. The van der Waals surface area contributed by atoms with Gasteiger partial charge in [-0.2, -0.15) is 0 Å². The molecule has 13 heteroatoms. The highest BCUT2D eigenvalue weighted by molar-refractivity contribution is 7.13. The summed E-state index contributed by atoms with van der Waals surface area (Å²) in [5, 5.41) is 26.2. The smallest absolute Gasteiger partial charge is 0.355 e. The van der Waals surface area contributed by atoms with Gasteiger partial charge >= 0.3 is 5.97 Å². The summed E-state index contributed by atoms with van der Waals surface area (Å²) in [7, 11) is 0. The van der Waals surface area contributed by atoms with Crippen molar-refractivity contribution in [2.45, 2.75) is 104 Å². The number of nitrogens with zero attached hydrogens (tertiary/aromatic N) is 3. The number of ether oxygens (including phenoxy) is 1. The molecule has 0 aliphatic carbocycles. The van der Waals surface area contributed by atoms with Gasteiger partial charge in [0.1, 0.15) is 17.8 Å². The molecule has 1 saturated heterocycles. The van der Waals surface area contributed by atoms with Crippen molar-refractivity contribution in [1.29, 1.82) is 0 Å². The molecule has 56 heavy (non-hydrogen) atoms. The van der Waals surface area contributed by atoms with Gasteiger partial charge in [0.15, 0.2) is 5.69 Å². The Morgan fingerprint density at radius 2 is 1.66 bits per heavy atom. The van der Waals surface area contributed by atoms with Crippen molar-refractivity contribution < 1.29 is 34.1 Å². The molecule has 2 aromatic heterocycles. The van der Waals surface area contributed by atoms with Crippen LogP contribution in [-0.2, 0) is 14.4 Å². The largest absolute Gasteiger partial charge is 0.493 e. The Labute approximate surface area is 332 Å². The molecule has 4 N–H and O–H groups in total. The first kappa shape index (κ1) is 42.0. The predicted octanol–water partition coefficient (Wildman–Crippen LogP) is 6.89. The lowest BCUT2D eigenvalue weighted by atomic mass is 9.85. The molecular formula is C43H53N5O7S. The molecule has 0 saturated carbocycles. The van der Waals surface area contributed by atoms with E-state index in [2.05, 4.69) is 20.6 Å². The second-order valence-electron chi connectivity index (χ2n) is 15.5. The maximum absolute atomic E-state index is 14.0. The summed E-state index contributed by atoms with van der Waals surface area (Å²) in [4.78, 5) is 63.4. The number of hydrogen-bond acceptors (Lipinski definition) is 9. The predicted molar refractivity (Wildman–Crippen MR) is 216 cm³/mol. The number of aromatic nitrogens is 2. The molecule has 1 aliphatic heterocycles. The van der Waals surface area contributed by atoms with Crippen LogP contribution in [0.25, 0.3) is 21.6 Å². The van der Waals surface area contributed by atoms with Crippen molar-refractivity contribution in [2.24, 2.45) is 5.41 Å². The minimum absolute atomic E-state index is 0.00930. The molecule has 1 aliphatic rings. The third-order valence-corrected chi connectivity index (χ3v) is 11.2. The van der Waals surface area contributed by atoms with E-state index in [-0.39, 0.29) is 42.9 Å². The second kappa shape index (κ2) is 18.7. The van der Waals surface area contributed by atoms with E-state index >= 15 is 0 Å². The number of thiazole rings is 1. The van der Waals surface area contributed by atoms with Gasteiger partial charge < -0.3 is 30.5 Å². The van der Waals surface area contributed by atoms with Crippen LogP contribution in [0.4, 0.5) is 0 Å². The Hall–Kier alpha value is -5.14. The third kappa shape index (κ3) is 10.4. The normalized spacial score (nSPS) is 16.6. The average Bonchev–Trinajstić information content (AvgIpc) is 3.78. The molecule has 5 rings (SSSR count). The van der Waals surface area contributed by atoms with Crippen LogP contribution in [0.2, 0.25) is 0 Å². The Morgan fingerprint density at radius 3 is 2.34 bits per heavy atom. The van der Waals surface area contributed by atoms with E-state index in [1.807, 2.05) is 89.5 Å². The molecule has 2 aromatic carbocycles. The zero-order valence-electron chi connectivity index (χ0n) is 33.0. The number of likely N-dealkylation sites (tertiary alicyclic amines) is 1. The number of carboxylic acids is 1. The van der Waals surface area contributed by atoms with Crippen LogP contribution in [0.3, 0.4) is 0 Å². The molecule has 3 heterocycles. The number of aryl methyl sites for hydroxylation is 1. The first-order valence-electron chi connectivity index (χ1n) is 19.2. The number of carboxylic acid groups (broad SMARTS) is 1. The number of aliphatic hydroxyl groups excluding tert-OH is 1. The number of rotatable bonds is 16. The topological polar surface area (TPSA) is 171 Å². The number of benzene rings is 2. The number of amides is 3. The fraction of sp³-hybridized carbons (Fsp3) is 0.442. The van der Waals surface area contributed by atoms with Gasteiger partial charge in [-0.15, -0.1) is 11.3 Å². The minimum atomic E-state index is -1.09. The molecule has 12 nitrogen and oxygen atoms in total. The van der Waals surface area contributed by atoms with Crippen LogP contribution in [0.1, 0.15) is 99.6 Å². The summed E-state index contributed by atoms with van der Waals surface area (Å²) in [6.45, 7) is 11.8. The van der Waals surface area contributed by atoms with Crippen LogP contribution in [0.5, 0.6) is 5.75 Å². The molecule has 0 bridgehead atoms. The van der Waals surface area contributed by atoms with Crippen molar-refractivity contribution in [2.75, 3.05) is 13.2 Å². The van der Waals surface area contributed by atoms with Gasteiger partial charge in [-0.1, -0.05) is 76.1 Å². The van der Waals surface area contributed by atoms with Gasteiger partial charge in [0.05, 0.1) is 34.8 Å². The maximum atomic E-state index is 14.0. The van der Waals surface area contributed by atoms with Gasteiger partial charge in [0.2, 0.25) is 17.7 Å². The Morgan fingerprint density at radius 1 is 0.946 bits per heavy atom. The van der Waals surface area contributed by atoms with E-state index in [9.17, 15) is 29.4 Å². The van der Waals surface area contributed by atoms with Gasteiger partial charge in [-0.25, -0.2) is 14.8 Å². The van der Waals surface area contributed by atoms with E-state index in [1.54, 1.807) is 23.5 Å². The highest BCUT2D eigenvalue weighted by Gasteiger charge is 2.44. The molecule has 0 spiro atoms. The van der Waals surface area contributed by atoms with Crippen LogP contribution < -0.4 is 15.4 Å². The number of aromatic carboxylic acids is 1. The molecular weight excluding hydrogens is 731 g/mol. The van der Waals surface area contributed by atoms with Crippen LogP contribution in [-0.4, -0.2) is 80.1 Å². The monoisotopic (exact) mass is 783 g/mol. The molecule has 4 atom stereocenters. The molecule has 0 radical (unpaired) electrons. The van der Waals surface area contributed by atoms with Crippen molar-refractivity contribution in [3.05, 3.63) is 88.8 Å². The van der Waals surface area contributed by atoms with E-state index in [0.29, 0.717) is 24.3 Å². The number of carbonyl (C=O) groups is 4. The van der Waals surface area contributed by atoms with E-state index in [4.69, 9.17) is 4.74 Å². The van der Waals surface area contributed by atoms with Crippen LogP contribution in [0.15, 0.2) is 66.3 Å². The van der Waals surface area contributed by atoms with Crippen molar-refractivity contribution in [3.8, 4) is 27.3 Å². The summed E-state index contributed by atoms with van der Waals surface area (Å²) < 4.78 is 6.05. The quantitative estimate of drug-likeness (QED) is 0.0884. The summed E-state index contributed by atoms with van der Waals surface area (Å²) in [6.07, 6.45) is 3.96. The highest BCUT2D eigenvalue weighted by Crippen LogP contribution is 2.32. The number of hydrogen-bond donors (Lipinski definition) is 4. The van der Waals surface area contributed by atoms with Crippen molar-refractivity contribution in [1.82, 2.24) is 25.5 Å². The fourth-order valence-electron chi connectivity index (χ4n) is 7.03. The van der Waals surface area contributed by atoms with Gasteiger partial charge in [-0.3, -0.25) is 14.4 Å². The number of β-amino-alcohol motifs (C(OH)–C–C–N with tert-alkyl or cyclic N) is 1. The number of pyridine rings is 1. The lowest BCUT2D eigenvalue weighted by Gasteiger charge is -2.35. The van der Waals surface area contributed by atoms with E-state index in [1.165, 1.54) is 11.1 Å².